The summed E-state index contributed by atoms with van der Waals surface area (Å²) < 4.78 is 2.13. The molecule has 90 valence electrons. The monoisotopic (exact) mass is 232 g/mol. The van der Waals surface area contributed by atoms with Gasteiger partial charge in [-0.15, -0.1) is 0 Å². The number of aromatic carboxylic acids is 1. The summed E-state index contributed by atoms with van der Waals surface area (Å²) >= 11 is 0. The van der Waals surface area contributed by atoms with Crippen molar-refractivity contribution >= 4 is 16.9 Å². The van der Waals surface area contributed by atoms with Gasteiger partial charge >= 0.3 is 5.97 Å². The number of carboxylic acid groups (broad SMARTS) is 1. The first-order valence-corrected chi connectivity index (χ1v) is 5.66. The van der Waals surface area contributed by atoms with E-state index in [4.69, 9.17) is 10.8 Å². The van der Waals surface area contributed by atoms with Crippen molar-refractivity contribution in [3.63, 3.8) is 0 Å². The Morgan fingerprint density at radius 1 is 1.47 bits per heavy atom. The highest BCUT2D eigenvalue weighted by Gasteiger charge is 2.09. The van der Waals surface area contributed by atoms with Gasteiger partial charge in [-0.25, -0.2) is 4.79 Å². The average Bonchev–Trinajstić information content (AvgIpc) is 2.63. The lowest BCUT2D eigenvalue weighted by Crippen LogP contribution is -2.04. The van der Waals surface area contributed by atoms with E-state index >= 15 is 0 Å². The van der Waals surface area contributed by atoms with Crippen molar-refractivity contribution in [1.82, 2.24) is 4.57 Å². The first kappa shape index (κ1) is 11.7. The van der Waals surface area contributed by atoms with Crippen LogP contribution in [-0.2, 0) is 6.54 Å². The van der Waals surface area contributed by atoms with Crippen molar-refractivity contribution in [2.75, 3.05) is 6.54 Å². The molecule has 4 heteroatoms. The van der Waals surface area contributed by atoms with Gasteiger partial charge in [0.25, 0.3) is 0 Å². The number of carboxylic acids is 1. The second-order valence-corrected chi connectivity index (χ2v) is 4.18. The number of nitrogens with two attached hydrogens (primary N) is 1. The topological polar surface area (TPSA) is 68.2 Å². The maximum Gasteiger partial charge on any atom is 0.335 e. The quantitative estimate of drug-likeness (QED) is 0.847. The Morgan fingerprint density at radius 3 is 2.88 bits per heavy atom. The summed E-state index contributed by atoms with van der Waals surface area (Å²) in [6, 6.07) is 5.23. The molecule has 1 aromatic heterocycles. The number of aromatic nitrogens is 1. The van der Waals surface area contributed by atoms with Gasteiger partial charge in [-0.1, -0.05) is 0 Å². The molecule has 0 aliphatic rings. The fourth-order valence-corrected chi connectivity index (χ4v) is 2.05. The Balaban J connectivity index is 2.49. The SMILES string of the molecule is Cc1cn(CCCN)c2ccc(C(=O)O)cc12. The molecule has 0 fully saturated rings. The largest absolute Gasteiger partial charge is 0.478 e. The summed E-state index contributed by atoms with van der Waals surface area (Å²) in [5.74, 6) is -0.888. The van der Waals surface area contributed by atoms with Crippen LogP contribution < -0.4 is 5.73 Å². The molecule has 1 heterocycles. The van der Waals surface area contributed by atoms with Crippen molar-refractivity contribution < 1.29 is 9.90 Å². The summed E-state index contributed by atoms with van der Waals surface area (Å²) in [7, 11) is 0. The molecular formula is C13H16N2O2. The Kier molecular flexibility index (Phi) is 3.15. The molecule has 2 rings (SSSR count). The van der Waals surface area contributed by atoms with Crippen LogP contribution in [0.1, 0.15) is 22.3 Å². The normalized spacial score (nSPS) is 10.9. The van der Waals surface area contributed by atoms with Gasteiger partial charge in [-0.3, -0.25) is 0 Å². The number of hydrogen-bond donors (Lipinski definition) is 2. The zero-order valence-electron chi connectivity index (χ0n) is 9.81. The molecule has 0 amide bonds. The van der Waals surface area contributed by atoms with E-state index in [-0.39, 0.29) is 0 Å². The van der Waals surface area contributed by atoms with E-state index in [1.54, 1.807) is 12.1 Å². The van der Waals surface area contributed by atoms with Gasteiger partial charge in [0.15, 0.2) is 0 Å². The predicted molar refractivity (Wildman–Crippen MR) is 67.3 cm³/mol. The standard InChI is InChI=1S/C13H16N2O2/c1-9-8-15(6-2-5-14)12-4-3-10(13(16)17)7-11(9)12/h3-4,7-8H,2,5-6,14H2,1H3,(H,16,17). The first-order chi connectivity index (χ1) is 8.13. The molecule has 2 aromatic rings. The maximum atomic E-state index is 10.9. The Hall–Kier alpha value is -1.81. The maximum absolute atomic E-state index is 10.9. The zero-order chi connectivity index (χ0) is 12.4. The molecule has 0 aliphatic carbocycles. The Morgan fingerprint density at radius 2 is 2.24 bits per heavy atom. The molecule has 4 nitrogen and oxygen atoms in total. The molecule has 0 radical (unpaired) electrons. The van der Waals surface area contributed by atoms with Gasteiger partial charge in [-0.2, -0.15) is 0 Å². The lowest BCUT2D eigenvalue weighted by molar-refractivity contribution is 0.0697. The molecule has 0 aliphatic heterocycles. The van der Waals surface area contributed by atoms with Crippen LogP contribution in [-0.4, -0.2) is 22.2 Å². The summed E-state index contributed by atoms with van der Waals surface area (Å²) in [5.41, 5.74) is 8.00. The van der Waals surface area contributed by atoms with E-state index in [1.165, 1.54) is 0 Å². The number of aryl methyl sites for hydroxylation is 2. The molecule has 0 saturated heterocycles. The smallest absolute Gasteiger partial charge is 0.335 e. The molecule has 3 N–H and O–H groups in total. The molecular weight excluding hydrogens is 216 g/mol. The Bertz CT molecular complexity index is 558. The van der Waals surface area contributed by atoms with Gasteiger partial charge in [-0.05, 0) is 43.7 Å². The minimum Gasteiger partial charge on any atom is -0.478 e. The fraction of sp³-hybridized carbons (Fsp3) is 0.308. The van der Waals surface area contributed by atoms with Crippen LogP contribution in [0.25, 0.3) is 10.9 Å². The summed E-state index contributed by atoms with van der Waals surface area (Å²) in [6.07, 6.45) is 2.97. The van der Waals surface area contributed by atoms with E-state index < -0.39 is 5.97 Å². The van der Waals surface area contributed by atoms with Gasteiger partial charge in [0.2, 0.25) is 0 Å². The second kappa shape index (κ2) is 4.59. The van der Waals surface area contributed by atoms with E-state index in [2.05, 4.69) is 4.57 Å². The van der Waals surface area contributed by atoms with Crippen molar-refractivity contribution in [2.24, 2.45) is 5.73 Å². The minimum absolute atomic E-state index is 0.331. The molecule has 1 aromatic carbocycles. The highest BCUT2D eigenvalue weighted by atomic mass is 16.4. The van der Waals surface area contributed by atoms with Gasteiger partial charge in [0.05, 0.1) is 5.56 Å². The third kappa shape index (κ3) is 2.17. The van der Waals surface area contributed by atoms with E-state index in [0.717, 1.165) is 29.4 Å². The van der Waals surface area contributed by atoms with Crippen LogP contribution >= 0.6 is 0 Å². The fourth-order valence-electron chi connectivity index (χ4n) is 2.05. The second-order valence-electron chi connectivity index (χ2n) is 4.18. The van der Waals surface area contributed by atoms with E-state index in [9.17, 15) is 4.79 Å². The van der Waals surface area contributed by atoms with E-state index in [1.807, 2.05) is 19.2 Å². The minimum atomic E-state index is -0.888. The van der Waals surface area contributed by atoms with Crippen LogP contribution in [0, 0.1) is 6.92 Å². The van der Waals surface area contributed by atoms with Crippen molar-refractivity contribution in [3.05, 3.63) is 35.5 Å². The summed E-state index contributed by atoms with van der Waals surface area (Å²) in [6.45, 7) is 3.52. The Labute approximate surface area is 99.7 Å². The van der Waals surface area contributed by atoms with E-state index in [0.29, 0.717) is 12.1 Å². The van der Waals surface area contributed by atoms with Crippen LogP contribution in [0.5, 0.6) is 0 Å². The highest BCUT2D eigenvalue weighted by molar-refractivity contribution is 5.94. The number of fused-ring (bicyclic) bond motifs is 1. The molecule has 0 atom stereocenters. The van der Waals surface area contributed by atoms with Crippen LogP contribution in [0.3, 0.4) is 0 Å². The molecule has 0 spiro atoms. The lowest BCUT2D eigenvalue weighted by Gasteiger charge is -2.04. The lowest BCUT2D eigenvalue weighted by atomic mass is 10.1. The van der Waals surface area contributed by atoms with Crippen LogP contribution in [0.2, 0.25) is 0 Å². The third-order valence-electron chi connectivity index (χ3n) is 2.93. The number of benzene rings is 1. The molecule has 0 unspecified atom stereocenters. The first-order valence-electron chi connectivity index (χ1n) is 5.66. The van der Waals surface area contributed by atoms with Gasteiger partial charge in [0, 0.05) is 23.6 Å². The zero-order valence-corrected chi connectivity index (χ0v) is 9.81. The number of hydrogen-bond acceptors (Lipinski definition) is 2. The number of carbonyl (C=O) groups is 1. The van der Waals surface area contributed by atoms with Gasteiger partial charge < -0.3 is 15.4 Å². The summed E-state index contributed by atoms with van der Waals surface area (Å²) in [4.78, 5) is 10.9. The molecule has 0 saturated carbocycles. The number of rotatable bonds is 4. The van der Waals surface area contributed by atoms with Crippen LogP contribution in [0.4, 0.5) is 0 Å². The number of nitrogens with zero attached hydrogens (tertiary/aromatic N) is 1. The van der Waals surface area contributed by atoms with Crippen LogP contribution in [0.15, 0.2) is 24.4 Å². The average molecular weight is 232 g/mol. The molecule has 0 bridgehead atoms. The van der Waals surface area contributed by atoms with Crippen molar-refractivity contribution in [3.8, 4) is 0 Å². The highest BCUT2D eigenvalue weighted by Crippen LogP contribution is 2.22. The summed E-state index contributed by atoms with van der Waals surface area (Å²) in [5, 5.41) is 9.96. The van der Waals surface area contributed by atoms with Crippen molar-refractivity contribution in [2.45, 2.75) is 19.9 Å². The molecule has 17 heavy (non-hydrogen) atoms. The third-order valence-corrected chi connectivity index (χ3v) is 2.93. The van der Waals surface area contributed by atoms with Crippen molar-refractivity contribution in [1.29, 1.82) is 0 Å². The van der Waals surface area contributed by atoms with Gasteiger partial charge in [0.1, 0.15) is 0 Å². The predicted octanol–water partition coefficient (Wildman–Crippen LogP) is 2.00.